The molecule has 1 aromatic heterocycles. The number of aromatic nitrogens is 2. The van der Waals surface area contributed by atoms with E-state index in [2.05, 4.69) is 63.1 Å². The van der Waals surface area contributed by atoms with Crippen molar-refractivity contribution in [3.05, 3.63) is 45.7 Å². The average Bonchev–Trinajstić information content (AvgIpc) is 2.84. The molecule has 0 aliphatic heterocycles. The largest absolute Gasteiger partial charge is 0.310 e. The molecule has 4 heteroatoms. The minimum Gasteiger partial charge on any atom is -0.310 e. The first-order valence-electron chi connectivity index (χ1n) is 7.27. The van der Waals surface area contributed by atoms with Crippen molar-refractivity contribution in [2.24, 2.45) is 0 Å². The van der Waals surface area contributed by atoms with Crippen molar-refractivity contribution in [1.82, 2.24) is 15.1 Å². The van der Waals surface area contributed by atoms with Crippen LogP contribution in [0.2, 0.25) is 0 Å². The lowest BCUT2D eigenvalue weighted by Crippen LogP contribution is -2.25. The molecule has 20 heavy (non-hydrogen) atoms. The number of rotatable bonds is 3. The lowest BCUT2D eigenvalue weighted by atomic mass is 9.93. The number of nitrogens with one attached hydrogen (secondary N) is 1. The molecule has 0 bridgehead atoms. The number of hydrogen-bond acceptors (Lipinski definition) is 2. The van der Waals surface area contributed by atoms with Crippen LogP contribution in [0.4, 0.5) is 0 Å². The number of halogens is 1. The highest BCUT2D eigenvalue weighted by atomic mass is 79.9. The normalized spacial score (nSPS) is 18.1. The van der Waals surface area contributed by atoms with Gasteiger partial charge in [-0.15, -0.1) is 0 Å². The molecule has 1 heterocycles. The zero-order valence-electron chi connectivity index (χ0n) is 12.0. The summed E-state index contributed by atoms with van der Waals surface area (Å²) in [6.07, 6.45) is 5.60. The summed E-state index contributed by atoms with van der Waals surface area (Å²) < 4.78 is 3.24. The Kier molecular flexibility index (Phi) is 3.94. The van der Waals surface area contributed by atoms with Gasteiger partial charge < -0.3 is 5.32 Å². The molecule has 0 fully saturated rings. The predicted octanol–water partition coefficient (Wildman–Crippen LogP) is 3.93. The summed E-state index contributed by atoms with van der Waals surface area (Å²) in [6.45, 7) is 5.31. The second kappa shape index (κ2) is 5.70. The number of benzene rings is 1. The molecule has 1 aliphatic rings. The first-order valence-corrected chi connectivity index (χ1v) is 8.06. The zero-order valence-corrected chi connectivity index (χ0v) is 13.6. The van der Waals surface area contributed by atoms with E-state index in [1.807, 2.05) is 6.20 Å². The maximum Gasteiger partial charge on any atom is 0.0678 e. The highest BCUT2D eigenvalue weighted by Crippen LogP contribution is 2.31. The smallest absolute Gasteiger partial charge is 0.0678 e. The Bertz CT molecular complexity index is 618. The summed E-state index contributed by atoms with van der Waals surface area (Å²) in [7, 11) is 0. The number of fused-ring (bicyclic) bond motifs is 1. The van der Waals surface area contributed by atoms with Crippen molar-refractivity contribution in [2.75, 3.05) is 6.54 Å². The zero-order chi connectivity index (χ0) is 14.1. The third-order valence-electron chi connectivity index (χ3n) is 4.02. The molecule has 0 amide bonds. The molecule has 0 radical (unpaired) electrons. The molecule has 106 valence electrons. The van der Waals surface area contributed by atoms with Crippen LogP contribution in [-0.2, 0) is 6.42 Å². The van der Waals surface area contributed by atoms with Gasteiger partial charge in [-0.2, -0.15) is 5.10 Å². The van der Waals surface area contributed by atoms with E-state index in [9.17, 15) is 0 Å². The molecule has 1 aliphatic carbocycles. The Balaban J connectivity index is 2.04. The molecule has 3 rings (SSSR count). The van der Waals surface area contributed by atoms with E-state index in [1.165, 1.54) is 35.3 Å². The van der Waals surface area contributed by atoms with Crippen LogP contribution in [0.3, 0.4) is 0 Å². The van der Waals surface area contributed by atoms with Gasteiger partial charge in [0.25, 0.3) is 0 Å². The highest BCUT2D eigenvalue weighted by Gasteiger charge is 2.24. The fourth-order valence-electron chi connectivity index (χ4n) is 3.08. The predicted molar refractivity (Wildman–Crippen MR) is 85.4 cm³/mol. The summed E-state index contributed by atoms with van der Waals surface area (Å²) in [5, 5.41) is 8.22. The quantitative estimate of drug-likeness (QED) is 0.922. The Hall–Kier alpha value is -1.13. The van der Waals surface area contributed by atoms with E-state index in [-0.39, 0.29) is 0 Å². The summed E-state index contributed by atoms with van der Waals surface area (Å²) >= 11 is 3.52. The minimum atomic E-state index is 0.466. The van der Waals surface area contributed by atoms with Crippen molar-refractivity contribution in [3.8, 4) is 5.69 Å². The van der Waals surface area contributed by atoms with Gasteiger partial charge in [0, 0.05) is 21.8 Å². The molecule has 1 atom stereocenters. The second-order valence-electron chi connectivity index (χ2n) is 5.39. The van der Waals surface area contributed by atoms with E-state index >= 15 is 0 Å². The summed E-state index contributed by atoms with van der Waals surface area (Å²) in [6, 6.07) is 6.84. The third-order valence-corrected chi connectivity index (χ3v) is 4.51. The lowest BCUT2D eigenvalue weighted by molar-refractivity contribution is 0.467. The minimum absolute atomic E-state index is 0.466. The first-order chi connectivity index (χ1) is 9.70. The van der Waals surface area contributed by atoms with Gasteiger partial charge in [-0.3, -0.25) is 0 Å². The molecular weight excluding hydrogens is 314 g/mol. The molecular formula is C16H20BrN3. The molecule has 2 aromatic rings. The number of nitrogens with zero attached hydrogens (tertiary/aromatic N) is 2. The van der Waals surface area contributed by atoms with Crippen molar-refractivity contribution >= 4 is 15.9 Å². The Labute approximate surface area is 128 Å². The fourth-order valence-corrected chi connectivity index (χ4v) is 3.55. The maximum atomic E-state index is 4.65. The SMILES string of the molecule is CCNC1CCCc2c1cnn2-c1ccc(Br)cc1C. The molecule has 0 spiro atoms. The standard InChI is InChI=1S/C16H20BrN3/c1-3-18-14-5-4-6-16-13(14)10-19-20(16)15-8-7-12(17)9-11(15)2/h7-10,14,18H,3-6H2,1-2H3. The van der Waals surface area contributed by atoms with Gasteiger partial charge in [0.15, 0.2) is 0 Å². The molecule has 0 saturated heterocycles. The van der Waals surface area contributed by atoms with Crippen LogP contribution in [-0.4, -0.2) is 16.3 Å². The van der Waals surface area contributed by atoms with Gasteiger partial charge in [0.2, 0.25) is 0 Å². The van der Waals surface area contributed by atoms with Crippen LogP contribution in [0.15, 0.2) is 28.9 Å². The summed E-state index contributed by atoms with van der Waals surface area (Å²) in [5.74, 6) is 0. The van der Waals surface area contributed by atoms with Crippen molar-refractivity contribution in [3.63, 3.8) is 0 Å². The maximum absolute atomic E-state index is 4.65. The fraction of sp³-hybridized carbons (Fsp3) is 0.438. The number of aryl methyl sites for hydroxylation is 1. The van der Waals surface area contributed by atoms with Crippen LogP contribution in [0.1, 0.15) is 42.6 Å². The van der Waals surface area contributed by atoms with Gasteiger partial charge in [-0.05, 0) is 56.5 Å². The van der Waals surface area contributed by atoms with Crippen LogP contribution < -0.4 is 5.32 Å². The monoisotopic (exact) mass is 333 g/mol. The van der Waals surface area contributed by atoms with E-state index in [1.54, 1.807) is 0 Å². The third kappa shape index (κ3) is 2.42. The van der Waals surface area contributed by atoms with E-state index in [0.29, 0.717) is 6.04 Å². The summed E-state index contributed by atoms with van der Waals surface area (Å²) in [4.78, 5) is 0. The van der Waals surface area contributed by atoms with Crippen molar-refractivity contribution < 1.29 is 0 Å². The van der Waals surface area contributed by atoms with E-state index in [4.69, 9.17) is 0 Å². The number of hydrogen-bond donors (Lipinski definition) is 1. The van der Waals surface area contributed by atoms with Crippen LogP contribution in [0.25, 0.3) is 5.69 Å². The molecule has 1 unspecified atom stereocenters. The Morgan fingerprint density at radius 3 is 3.05 bits per heavy atom. The van der Waals surface area contributed by atoms with Crippen LogP contribution in [0, 0.1) is 6.92 Å². The van der Waals surface area contributed by atoms with E-state index in [0.717, 1.165) is 17.4 Å². The van der Waals surface area contributed by atoms with Gasteiger partial charge in [-0.25, -0.2) is 4.68 Å². The van der Waals surface area contributed by atoms with Gasteiger partial charge in [0.05, 0.1) is 11.9 Å². The van der Waals surface area contributed by atoms with Crippen molar-refractivity contribution in [1.29, 1.82) is 0 Å². The topological polar surface area (TPSA) is 29.9 Å². The van der Waals surface area contributed by atoms with Gasteiger partial charge in [-0.1, -0.05) is 22.9 Å². The van der Waals surface area contributed by atoms with Gasteiger partial charge in [0.1, 0.15) is 0 Å². The summed E-state index contributed by atoms with van der Waals surface area (Å²) in [5.41, 5.74) is 5.18. The Morgan fingerprint density at radius 2 is 2.30 bits per heavy atom. The molecule has 0 saturated carbocycles. The highest BCUT2D eigenvalue weighted by molar-refractivity contribution is 9.10. The first kappa shape index (κ1) is 13.8. The van der Waals surface area contributed by atoms with Crippen LogP contribution in [0.5, 0.6) is 0 Å². The van der Waals surface area contributed by atoms with Crippen LogP contribution >= 0.6 is 15.9 Å². The molecule has 3 nitrogen and oxygen atoms in total. The van der Waals surface area contributed by atoms with E-state index < -0.39 is 0 Å². The molecule has 1 aromatic carbocycles. The molecule has 1 N–H and O–H groups in total. The average molecular weight is 334 g/mol. The van der Waals surface area contributed by atoms with Gasteiger partial charge >= 0.3 is 0 Å². The second-order valence-corrected chi connectivity index (χ2v) is 6.31. The lowest BCUT2D eigenvalue weighted by Gasteiger charge is -2.24. The Morgan fingerprint density at radius 1 is 1.45 bits per heavy atom. The van der Waals surface area contributed by atoms with Crippen molar-refractivity contribution in [2.45, 2.75) is 39.2 Å².